The molecule has 0 unspecified atom stereocenters. The molecule has 2 aromatic rings. The molecule has 9 heteroatoms. The van der Waals surface area contributed by atoms with E-state index >= 15 is 0 Å². The van der Waals surface area contributed by atoms with Crippen LogP contribution in [0.3, 0.4) is 0 Å². The van der Waals surface area contributed by atoms with Crippen molar-refractivity contribution in [2.45, 2.75) is 40.3 Å². The van der Waals surface area contributed by atoms with Crippen molar-refractivity contribution >= 4 is 39.1 Å². The topological polar surface area (TPSA) is 86.8 Å². The molecule has 174 valence electrons. The van der Waals surface area contributed by atoms with Crippen molar-refractivity contribution in [2.24, 2.45) is 0 Å². The van der Waals surface area contributed by atoms with Crippen LogP contribution >= 0.6 is 11.6 Å². The second kappa shape index (κ2) is 10.8. The first-order valence-corrected chi connectivity index (χ1v) is 12.5. The zero-order valence-electron chi connectivity index (χ0n) is 19.1. The fraction of sp³-hybridized carbons (Fsp3) is 0.391. The number of carbonyl (C=O) groups excluding carboxylic acids is 2. The van der Waals surface area contributed by atoms with Gasteiger partial charge < -0.3 is 10.2 Å². The fourth-order valence-electron chi connectivity index (χ4n) is 3.32. The second-order valence-corrected chi connectivity index (χ2v) is 10.1. The highest BCUT2D eigenvalue weighted by atomic mass is 35.5. The summed E-state index contributed by atoms with van der Waals surface area (Å²) in [6, 6.07) is 11.6. The molecule has 0 fully saturated rings. The monoisotopic (exact) mass is 479 g/mol. The van der Waals surface area contributed by atoms with Crippen molar-refractivity contribution in [1.82, 2.24) is 10.2 Å². The van der Waals surface area contributed by atoms with Gasteiger partial charge in [0.15, 0.2) is 0 Å². The Labute approximate surface area is 195 Å². The normalized spacial score (nSPS) is 12.2. The minimum Gasteiger partial charge on any atom is -0.355 e. The first-order valence-electron chi connectivity index (χ1n) is 10.3. The van der Waals surface area contributed by atoms with E-state index in [1.807, 2.05) is 19.1 Å². The Morgan fingerprint density at radius 3 is 2.41 bits per heavy atom. The van der Waals surface area contributed by atoms with E-state index in [0.717, 1.165) is 27.3 Å². The molecule has 1 N–H and O–H groups in total. The highest BCUT2D eigenvalue weighted by Gasteiger charge is 2.30. The van der Waals surface area contributed by atoms with Crippen molar-refractivity contribution in [3.05, 3.63) is 64.2 Å². The zero-order valence-corrected chi connectivity index (χ0v) is 20.6. The van der Waals surface area contributed by atoms with Crippen molar-refractivity contribution in [1.29, 1.82) is 0 Å². The summed E-state index contributed by atoms with van der Waals surface area (Å²) in [6.07, 6.45) is 1.07. The molecule has 0 saturated heterocycles. The third kappa shape index (κ3) is 6.71. The van der Waals surface area contributed by atoms with E-state index in [1.54, 1.807) is 51.1 Å². The number of carbonyl (C=O) groups is 2. The molecular formula is C23H30ClN3O4S. The average Bonchev–Trinajstić information content (AvgIpc) is 2.71. The van der Waals surface area contributed by atoms with Crippen LogP contribution in [-0.2, 0) is 26.2 Å². The van der Waals surface area contributed by atoms with E-state index in [1.165, 1.54) is 4.90 Å². The first-order chi connectivity index (χ1) is 14.9. The highest BCUT2D eigenvalue weighted by molar-refractivity contribution is 7.92. The number of hydrogen-bond acceptors (Lipinski definition) is 4. The van der Waals surface area contributed by atoms with Crippen LogP contribution in [0.2, 0.25) is 5.02 Å². The Morgan fingerprint density at radius 2 is 1.81 bits per heavy atom. The van der Waals surface area contributed by atoms with Crippen LogP contribution in [0.5, 0.6) is 0 Å². The molecule has 0 aliphatic carbocycles. The SMILES string of the molecule is CCNC(=O)[C@@H](C)N(Cc1cccc(Cl)c1)C(=O)CN(c1cc(C)ccc1C)S(C)(=O)=O. The van der Waals surface area contributed by atoms with Crippen LogP contribution in [0.1, 0.15) is 30.5 Å². The summed E-state index contributed by atoms with van der Waals surface area (Å²) in [5, 5.41) is 3.23. The number of anilines is 1. The highest BCUT2D eigenvalue weighted by Crippen LogP contribution is 2.24. The van der Waals surface area contributed by atoms with Gasteiger partial charge in [-0.05, 0) is 62.6 Å². The van der Waals surface area contributed by atoms with Crippen LogP contribution < -0.4 is 9.62 Å². The molecule has 1 atom stereocenters. The smallest absolute Gasteiger partial charge is 0.244 e. The maximum absolute atomic E-state index is 13.4. The van der Waals surface area contributed by atoms with E-state index in [9.17, 15) is 18.0 Å². The van der Waals surface area contributed by atoms with Crippen molar-refractivity contribution in [2.75, 3.05) is 23.7 Å². The predicted molar refractivity (Wildman–Crippen MR) is 128 cm³/mol. The van der Waals surface area contributed by atoms with Gasteiger partial charge in [-0.1, -0.05) is 35.9 Å². The van der Waals surface area contributed by atoms with Gasteiger partial charge in [0.25, 0.3) is 0 Å². The van der Waals surface area contributed by atoms with Crippen LogP contribution in [0.15, 0.2) is 42.5 Å². The van der Waals surface area contributed by atoms with Crippen LogP contribution in [0, 0.1) is 13.8 Å². The van der Waals surface area contributed by atoms with E-state index < -0.39 is 28.5 Å². The van der Waals surface area contributed by atoms with Crippen molar-refractivity contribution in [3.8, 4) is 0 Å². The molecule has 2 amide bonds. The third-order valence-electron chi connectivity index (χ3n) is 5.07. The number of aryl methyl sites for hydroxylation is 2. The van der Waals surface area contributed by atoms with Gasteiger partial charge in [0.05, 0.1) is 11.9 Å². The molecule has 2 aromatic carbocycles. The van der Waals surface area contributed by atoms with Crippen LogP contribution in [0.4, 0.5) is 5.69 Å². The summed E-state index contributed by atoms with van der Waals surface area (Å²) < 4.78 is 26.3. The number of likely N-dealkylation sites (N-methyl/N-ethyl adjacent to an activating group) is 1. The molecular weight excluding hydrogens is 450 g/mol. The molecule has 0 spiro atoms. The quantitative estimate of drug-likeness (QED) is 0.598. The number of nitrogens with zero attached hydrogens (tertiary/aromatic N) is 2. The van der Waals surface area contributed by atoms with Crippen LogP contribution in [0.25, 0.3) is 0 Å². The Balaban J connectivity index is 2.43. The molecule has 7 nitrogen and oxygen atoms in total. The summed E-state index contributed by atoms with van der Waals surface area (Å²) in [4.78, 5) is 27.3. The Morgan fingerprint density at radius 1 is 1.12 bits per heavy atom. The van der Waals surface area contributed by atoms with Gasteiger partial charge in [0.2, 0.25) is 21.8 Å². The Kier molecular flexibility index (Phi) is 8.69. The zero-order chi connectivity index (χ0) is 24.1. The fourth-order valence-corrected chi connectivity index (χ4v) is 4.43. The molecule has 0 radical (unpaired) electrons. The van der Waals surface area contributed by atoms with Gasteiger partial charge >= 0.3 is 0 Å². The number of benzene rings is 2. The molecule has 32 heavy (non-hydrogen) atoms. The standard InChI is InChI=1S/C23H30ClN3O4S/c1-6-25-23(29)18(4)26(14-19-8-7-9-20(24)13-19)22(28)15-27(32(5,30)31)21-12-16(2)10-11-17(21)3/h7-13,18H,6,14-15H2,1-5H3,(H,25,29)/t18-/m1/s1. The lowest BCUT2D eigenvalue weighted by Gasteiger charge is -2.32. The molecule has 0 saturated carbocycles. The van der Waals surface area contributed by atoms with Gasteiger partial charge in [-0.25, -0.2) is 8.42 Å². The van der Waals surface area contributed by atoms with Gasteiger partial charge in [-0.3, -0.25) is 13.9 Å². The number of sulfonamides is 1. The maximum atomic E-state index is 13.4. The second-order valence-electron chi connectivity index (χ2n) is 7.78. The first kappa shape index (κ1) is 25.7. The Bertz CT molecular complexity index is 1090. The lowest BCUT2D eigenvalue weighted by molar-refractivity contribution is -0.139. The van der Waals surface area contributed by atoms with E-state index in [2.05, 4.69) is 5.32 Å². The number of rotatable bonds is 9. The van der Waals surface area contributed by atoms with E-state index in [0.29, 0.717) is 17.3 Å². The minimum absolute atomic E-state index is 0.113. The number of halogens is 1. The lowest BCUT2D eigenvalue weighted by Crippen LogP contribution is -2.51. The molecule has 0 heterocycles. The van der Waals surface area contributed by atoms with Gasteiger partial charge in [0.1, 0.15) is 12.6 Å². The summed E-state index contributed by atoms with van der Waals surface area (Å²) in [5.41, 5.74) is 2.78. The van der Waals surface area contributed by atoms with Gasteiger partial charge in [0, 0.05) is 18.1 Å². The molecule has 0 aromatic heterocycles. The summed E-state index contributed by atoms with van der Waals surface area (Å²) >= 11 is 6.09. The number of nitrogens with one attached hydrogen (secondary N) is 1. The van der Waals surface area contributed by atoms with E-state index in [-0.39, 0.29) is 12.5 Å². The van der Waals surface area contributed by atoms with E-state index in [4.69, 9.17) is 11.6 Å². The summed E-state index contributed by atoms with van der Waals surface area (Å²) in [5.74, 6) is -0.810. The maximum Gasteiger partial charge on any atom is 0.244 e. The predicted octanol–water partition coefficient (Wildman–Crippen LogP) is 3.28. The van der Waals surface area contributed by atoms with Gasteiger partial charge in [-0.15, -0.1) is 0 Å². The number of hydrogen-bond donors (Lipinski definition) is 1. The molecule has 0 aliphatic rings. The van der Waals surface area contributed by atoms with Crippen LogP contribution in [-0.4, -0.2) is 50.5 Å². The minimum atomic E-state index is -3.76. The lowest BCUT2D eigenvalue weighted by atomic mass is 10.1. The van der Waals surface area contributed by atoms with Crippen molar-refractivity contribution in [3.63, 3.8) is 0 Å². The molecule has 0 bridgehead atoms. The largest absolute Gasteiger partial charge is 0.355 e. The average molecular weight is 480 g/mol. The summed E-state index contributed by atoms with van der Waals surface area (Å²) in [7, 11) is -3.76. The molecule has 2 rings (SSSR count). The Hall–Kier alpha value is -2.58. The molecule has 0 aliphatic heterocycles. The summed E-state index contributed by atoms with van der Waals surface area (Å²) in [6.45, 7) is 7.16. The van der Waals surface area contributed by atoms with Crippen molar-refractivity contribution < 1.29 is 18.0 Å². The third-order valence-corrected chi connectivity index (χ3v) is 6.43. The van der Waals surface area contributed by atoms with Gasteiger partial charge in [-0.2, -0.15) is 0 Å². The number of amides is 2.